The maximum absolute atomic E-state index is 5.46. The second-order valence-corrected chi connectivity index (χ2v) is 4.82. The van der Waals surface area contributed by atoms with E-state index < -0.39 is 0 Å². The molecule has 2 aliphatic heterocycles. The van der Waals surface area contributed by atoms with E-state index in [2.05, 4.69) is 19.2 Å². The highest BCUT2D eigenvalue weighted by molar-refractivity contribution is 4.85. The Hall–Kier alpha value is -0.0800. The Bertz CT molecular complexity index is 155. The quantitative estimate of drug-likeness (QED) is 0.669. The molecular weight excluding hydrogens is 162 g/mol. The van der Waals surface area contributed by atoms with E-state index in [0.29, 0.717) is 12.1 Å². The third-order valence-electron chi connectivity index (χ3n) is 3.51. The average Bonchev–Trinajstić information content (AvgIpc) is 2.53. The van der Waals surface area contributed by atoms with Gasteiger partial charge >= 0.3 is 0 Å². The Kier molecular flexibility index (Phi) is 2.89. The molecule has 2 nitrogen and oxygen atoms in total. The van der Waals surface area contributed by atoms with Gasteiger partial charge in [0, 0.05) is 25.3 Å². The summed E-state index contributed by atoms with van der Waals surface area (Å²) >= 11 is 0. The monoisotopic (exact) mass is 183 g/mol. The number of piperidine rings is 1. The van der Waals surface area contributed by atoms with Crippen LogP contribution in [0.2, 0.25) is 0 Å². The van der Waals surface area contributed by atoms with Gasteiger partial charge in [0.1, 0.15) is 0 Å². The van der Waals surface area contributed by atoms with Crippen LogP contribution < -0.4 is 5.32 Å². The Morgan fingerprint density at radius 3 is 2.31 bits per heavy atom. The van der Waals surface area contributed by atoms with Gasteiger partial charge in [-0.1, -0.05) is 0 Å². The van der Waals surface area contributed by atoms with Crippen LogP contribution in [0, 0.1) is 11.8 Å². The highest BCUT2D eigenvalue weighted by atomic mass is 16.5. The fourth-order valence-corrected chi connectivity index (χ4v) is 2.94. The third-order valence-corrected chi connectivity index (χ3v) is 3.51. The number of ether oxygens (including phenoxy) is 1. The normalized spacial score (nSPS) is 46.6. The molecule has 0 radical (unpaired) electrons. The van der Waals surface area contributed by atoms with Crippen molar-refractivity contribution < 1.29 is 4.74 Å². The van der Waals surface area contributed by atoms with Crippen LogP contribution in [0.5, 0.6) is 0 Å². The van der Waals surface area contributed by atoms with E-state index in [1.165, 1.54) is 19.3 Å². The van der Waals surface area contributed by atoms with Crippen molar-refractivity contribution in [3.8, 4) is 0 Å². The Balaban J connectivity index is 1.90. The van der Waals surface area contributed by atoms with Crippen LogP contribution in [0.1, 0.15) is 33.1 Å². The highest BCUT2D eigenvalue weighted by Crippen LogP contribution is 2.32. The topological polar surface area (TPSA) is 21.3 Å². The van der Waals surface area contributed by atoms with E-state index in [-0.39, 0.29) is 0 Å². The van der Waals surface area contributed by atoms with Crippen molar-refractivity contribution in [2.45, 2.75) is 45.2 Å². The lowest BCUT2D eigenvalue weighted by atomic mass is 9.79. The zero-order valence-electron chi connectivity index (χ0n) is 8.75. The molecule has 1 N–H and O–H groups in total. The molecule has 2 heterocycles. The first-order valence-electron chi connectivity index (χ1n) is 5.59. The molecule has 2 aliphatic rings. The summed E-state index contributed by atoms with van der Waals surface area (Å²) in [6, 6.07) is 1.41. The minimum Gasteiger partial charge on any atom is -0.381 e. The minimum absolute atomic E-state index is 0.703. The number of hydrogen-bond acceptors (Lipinski definition) is 2. The third kappa shape index (κ3) is 2.23. The molecule has 0 bridgehead atoms. The molecule has 0 saturated carbocycles. The molecule has 2 heteroatoms. The second-order valence-electron chi connectivity index (χ2n) is 4.82. The van der Waals surface area contributed by atoms with E-state index >= 15 is 0 Å². The summed E-state index contributed by atoms with van der Waals surface area (Å²) in [7, 11) is 0. The smallest absolute Gasteiger partial charge is 0.0497 e. The van der Waals surface area contributed by atoms with Crippen LogP contribution in [-0.2, 0) is 4.74 Å². The van der Waals surface area contributed by atoms with Gasteiger partial charge in [0.2, 0.25) is 0 Å². The maximum Gasteiger partial charge on any atom is 0.0497 e. The summed E-state index contributed by atoms with van der Waals surface area (Å²) in [4.78, 5) is 0. The summed E-state index contributed by atoms with van der Waals surface area (Å²) in [5, 5.41) is 3.59. The van der Waals surface area contributed by atoms with Crippen molar-refractivity contribution in [3.63, 3.8) is 0 Å². The molecule has 0 aromatic heterocycles. The summed E-state index contributed by atoms with van der Waals surface area (Å²) in [5.74, 6) is 1.76. The van der Waals surface area contributed by atoms with Gasteiger partial charge in [-0.05, 0) is 44.9 Å². The van der Waals surface area contributed by atoms with Gasteiger partial charge < -0.3 is 10.1 Å². The number of hydrogen-bond donors (Lipinski definition) is 1. The first-order chi connectivity index (χ1) is 6.25. The highest BCUT2D eigenvalue weighted by Gasteiger charge is 2.31. The van der Waals surface area contributed by atoms with Gasteiger partial charge in [-0.15, -0.1) is 0 Å². The second kappa shape index (κ2) is 3.97. The number of rotatable bonds is 1. The molecule has 0 amide bonds. The molecule has 3 unspecified atom stereocenters. The van der Waals surface area contributed by atoms with Crippen LogP contribution in [0.25, 0.3) is 0 Å². The lowest BCUT2D eigenvalue weighted by Gasteiger charge is -2.35. The van der Waals surface area contributed by atoms with Crippen molar-refractivity contribution in [2.75, 3.05) is 13.2 Å². The van der Waals surface area contributed by atoms with Crippen molar-refractivity contribution in [1.29, 1.82) is 0 Å². The average molecular weight is 183 g/mol. The standard InChI is InChI=1S/C11H21NO/c1-8-5-11(6-9(2)12-8)10-3-4-13-7-10/h8-12H,3-7H2,1-2H3. The minimum atomic E-state index is 0.703. The molecule has 0 aliphatic carbocycles. The van der Waals surface area contributed by atoms with E-state index in [1.807, 2.05) is 0 Å². The van der Waals surface area contributed by atoms with Crippen LogP contribution in [0.15, 0.2) is 0 Å². The first-order valence-corrected chi connectivity index (χ1v) is 5.59. The maximum atomic E-state index is 5.46. The van der Waals surface area contributed by atoms with Crippen molar-refractivity contribution in [3.05, 3.63) is 0 Å². The van der Waals surface area contributed by atoms with Gasteiger partial charge in [0.25, 0.3) is 0 Å². The summed E-state index contributed by atoms with van der Waals surface area (Å²) in [5.41, 5.74) is 0. The number of nitrogens with one attached hydrogen (secondary N) is 1. The molecule has 0 aromatic rings. The van der Waals surface area contributed by atoms with Crippen molar-refractivity contribution >= 4 is 0 Å². The van der Waals surface area contributed by atoms with Gasteiger partial charge in [0.05, 0.1) is 0 Å². The summed E-state index contributed by atoms with van der Waals surface area (Å²) in [6.07, 6.45) is 3.99. The van der Waals surface area contributed by atoms with E-state index in [1.54, 1.807) is 0 Å². The van der Waals surface area contributed by atoms with Gasteiger partial charge in [0.15, 0.2) is 0 Å². The lowest BCUT2D eigenvalue weighted by Crippen LogP contribution is -2.44. The zero-order valence-corrected chi connectivity index (χ0v) is 8.75. The molecule has 2 saturated heterocycles. The summed E-state index contributed by atoms with van der Waals surface area (Å²) in [6.45, 7) is 6.62. The molecule has 13 heavy (non-hydrogen) atoms. The van der Waals surface area contributed by atoms with Gasteiger partial charge in [-0.3, -0.25) is 0 Å². The fraction of sp³-hybridized carbons (Fsp3) is 1.00. The fourth-order valence-electron chi connectivity index (χ4n) is 2.94. The predicted molar refractivity (Wildman–Crippen MR) is 53.7 cm³/mol. The Morgan fingerprint density at radius 2 is 1.77 bits per heavy atom. The molecule has 0 spiro atoms. The SMILES string of the molecule is CC1CC(C2CCOC2)CC(C)N1. The van der Waals surface area contributed by atoms with Crippen molar-refractivity contribution in [1.82, 2.24) is 5.32 Å². The largest absolute Gasteiger partial charge is 0.381 e. The molecule has 3 atom stereocenters. The molecular formula is C11H21NO. The van der Waals surface area contributed by atoms with Gasteiger partial charge in [-0.2, -0.15) is 0 Å². The van der Waals surface area contributed by atoms with Crippen LogP contribution in [0.3, 0.4) is 0 Å². The van der Waals surface area contributed by atoms with E-state index in [0.717, 1.165) is 25.0 Å². The van der Waals surface area contributed by atoms with Crippen LogP contribution >= 0.6 is 0 Å². The van der Waals surface area contributed by atoms with Crippen LogP contribution in [-0.4, -0.2) is 25.3 Å². The van der Waals surface area contributed by atoms with E-state index in [9.17, 15) is 0 Å². The molecule has 2 rings (SSSR count). The van der Waals surface area contributed by atoms with E-state index in [4.69, 9.17) is 4.74 Å². The lowest BCUT2D eigenvalue weighted by molar-refractivity contribution is 0.145. The Labute approximate surface area is 81.0 Å². The zero-order chi connectivity index (χ0) is 9.26. The molecule has 0 aromatic carbocycles. The Morgan fingerprint density at radius 1 is 1.08 bits per heavy atom. The first kappa shape index (κ1) is 9.47. The molecule has 2 fully saturated rings. The molecule has 76 valence electrons. The summed E-state index contributed by atoms with van der Waals surface area (Å²) < 4.78 is 5.46. The predicted octanol–water partition coefficient (Wildman–Crippen LogP) is 1.80. The van der Waals surface area contributed by atoms with Gasteiger partial charge in [-0.25, -0.2) is 0 Å². The van der Waals surface area contributed by atoms with Crippen LogP contribution in [0.4, 0.5) is 0 Å². The van der Waals surface area contributed by atoms with Crippen molar-refractivity contribution in [2.24, 2.45) is 11.8 Å².